The lowest BCUT2D eigenvalue weighted by molar-refractivity contribution is 0.587. The van der Waals surface area contributed by atoms with Crippen LogP contribution < -0.4 is 5.32 Å². The summed E-state index contributed by atoms with van der Waals surface area (Å²) in [5.41, 5.74) is 3.77. The van der Waals surface area contributed by atoms with E-state index >= 15 is 0 Å². The minimum atomic E-state index is -0.167. The first kappa shape index (κ1) is 14.7. The van der Waals surface area contributed by atoms with Crippen molar-refractivity contribution in [3.05, 3.63) is 64.7 Å². The van der Waals surface area contributed by atoms with Gasteiger partial charge in [-0.15, -0.1) is 0 Å². The van der Waals surface area contributed by atoms with Gasteiger partial charge in [0.05, 0.1) is 11.7 Å². The average molecular weight is 272 g/mol. The summed E-state index contributed by atoms with van der Waals surface area (Å²) in [6, 6.07) is 9.37. The summed E-state index contributed by atoms with van der Waals surface area (Å²) < 4.78 is 13.8. The van der Waals surface area contributed by atoms with Crippen molar-refractivity contribution >= 4 is 0 Å². The highest BCUT2D eigenvalue weighted by Crippen LogP contribution is 2.25. The molecule has 1 N–H and O–H groups in total. The highest BCUT2D eigenvalue weighted by Gasteiger charge is 2.18. The van der Waals surface area contributed by atoms with E-state index in [9.17, 15) is 4.39 Å². The molecule has 0 bridgehead atoms. The van der Waals surface area contributed by atoms with Crippen molar-refractivity contribution in [3.63, 3.8) is 0 Å². The number of hydrogen-bond acceptors (Lipinski definition) is 2. The van der Waals surface area contributed by atoms with E-state index in [2.05, 4.69) is 23.3 Å². The van der Waals surface area contributed by atoms with E-state index in [0.29, 0.717) is 5.56 Å². The van der Waals surface area contributed by atoms with Gasteiger partial charge in [-0.1, -0.05) is 32.0 Å². The zero-order valence-corrected chi connectivity index (χ0v) is 12.3. The molecule has 1 aromatic carbocycles. The molecule has 2 nitrogen and oxygen atoms in total. The molecule has 3 heteroatoms. The molecule has 20 heavy (non-hydrogen) atoms. The summed E-state index contributed by atoms with van der Waals surface area (Å²) in [5.74, 6) is -0.167. The fourth-order valence-corrected chi connectivity index (χ4v) is 2.37. The van der Waals surface area contributed by atoms with Gasteiger partial charge in [0.1, 0.15) is 5.82 Å². The average Bonchev–Trinajstić information content (AvgIpc) is 2.48. The molecular formula is C17H21FN2. The maximum atomic E-state index is 13.8. The van der Waals surface area contributed by atoms with Crippen molar-refractivity contribution in [2.75, 3.05) is 6.54 Å². The minimum absolute atomic E-state index is 0.0637. The number of nitrogens with zero attached hydrogens (tertiary/aromatic N) is 1. The second-order valence-corrected chi connectivity index (χ2v) is 4.90. The lowest BCUT2D eigenvalue weighted by atomic mass is 9.97. The van der Waals surface area contributed by atoms with Crippen LogP contribution >= 0.6 is 0 Å². The number of nitrogens with one attached hydrogen (secondary N) is 1. The first-order valence-corrected chi connectivity index (χ1v) is 7.10. The monoisotopic (exact) mass is 272 g/mol. The molecule has 1 heterocycles. The molecule has 1 atom stereocenters. The van der Waals surface area contributed by atoms with Crippen LogP contribution in [0.3, 0.4) is 0 Å². The molecule has 0 radical (unpaired) electrons. The Morgan fingerprint density at radius 1 is 1.25 bits per heavy atom. The molecule has 0 spiro atoms. The van der Waals surface area contributed by atoms with Crippen molar-refractivity contribution in [2.24, 2.45) is 0 Å². The van der Waals surface area contributed by atoms with Gasteiger partial charge in [-0.2, -0.15) is 0 Å². The van der Waals surface area contributed by atoms with Crippen molar-refractivity contribution in [3.8, 4) is 0 Å². The molecular weight excluding hydrogens is 251 g/mol. The Morgan fingerprint density at radius 3 is 2.70 bits per heavy atom. The largest absolute Gasteiger partial charge is 0.305 e. The number of benzene rings is 1. The predicted molar refractivity (Wildman–Crippen MR) is 80.3 cm³/mol. The molecule has 0 fully saturated rings. The number of halogens is 1. The van der Waals surface area contributed by atoms with E-state index in [0.717, 1.165) is 24.2 Å². The van der Waals surface area contributed by atoms with Crippen LogP contribution in [0.2, 0.25) is 0 Å². The van der Waals surface area contributed by atoms with E-state index < -0.39 is 0 Å². The van der Waals surface area contributed by atoms with E-state index in [1.54, 1.807) is 19.2 Å². The Labute approximate surface area is 120 Å². The molecule has 0 saturated carbocycles. The van der Waals surface area contributed by atoms with E-state index in [4.69, 9.17) is 0 Å². The van der Waals surface area contributed by atoms with Crippen LogP contribution in [0.25, 0.3) is 0 Å². The van der Waals surface area contributed by atoms with Crippen molar-refractivity contribution in [2.45, 2.75) is 33.2 Å². The molecule has 2 aromatic rings. The van der Waals surface area contributed by atoms with Crippen LogP contribution in [0, 0.1) is 12.7 Å². The number of aryl methyl sites for hydroxylation is 2. The Kier molecular flexibility index (Phi) is 4.85. The quantitative estimate of drug-likeness (QED) is 0.895. The van der Waals surface area contributed by atoms with Crippen LogP contribution in [-0.4, -0.2) is 11.5 Å². The Balaban J connectivity index is 2.47. The molecule has 0 aliphatic rings. The number of pyridine rings is 1. The molecule has 0 aliphatic heterocycles. The summed E-state index contributed by atoms with van der Waals surface area (Å²) in [5, 5.41) is 3.41. The summed E-state index contributed by atoms with van der Waals surface area (Å²) in [6.07, 6.45) is 2.71. The second-order valence-electron chi connectivity index (χ2n) is 4.90. The zero-order chi connectivity index (χ0) is 14.5. The molecule has 0 aliphatic carbocycles. The Hall–Kier alpha value is -1.74. The van der Waals surface area contributed by atoms with E-state index in [1.807, 2.05) is 25.1 Å². The third-order valence-electron chi connectivity index (χ3n) is 3.52. The third kappa shape index (κ3) is 3.05. The summed E-state index contributed by atoms with van der Waals surface area (Å²) in [4.78, 5) is 4.51. The second kappa shape index (κ2) is 6.62. The van der Waals surface area contributed by atoms with Crippen LogP contribution in [0.5, 0.6) is 0 Å². The van der Waals surface area contributed by atoms with Crippen molar-refractivity contribution < 1.29 is 4.39 Å². The van der Waals surface area contributed by atoms with Crippen LogP contribution in [0.15, 0.2) is 36.5 Å². The topological polar surface area (TPSA) is 24.9 Å². The van der Waals surface area contributed by atoms with Crippen LogP contribution in [-0.2, 0) is 6.42 Å². The fraction of sp³-hybridized carbons (Fsp3) is 0.353. The van der Waals surface area contributed by atoms with Gasteiger partial charge >= 0.3 is 0 Å². The normalized spacial score (nSPS) is 12.4. The van der Waals surface area contributed by atoms with Crippen LogP contribution in [0.1, 0.15) is 42.3 Å². The first-order chi connectivity index (χ1) is 9.67. The van der Waals surface area contributed by atoms with Gasteiger partial charge in [-0.3, -0.25) is 4.98 Å². The molecule has 1 unspecified atom stereocenters. The van der Waals surface area contributed by atoms with Gasteiger partial charge in [0, 0.05) is 6.20 Å². The van der Waals surface area contributed by atoms with Crippen LogP contribution in [0.4, 0.5) is 4.39 Å². The molecule has 2 rings (SSSR count). The Morgan fingerprint density at radius 2 is 2.05 bits per heavy atom. The standard InChI is InChI=1S/C17H21FN2/c1-4-13-7-6-10-20-16(13)17(19-5-2)14-9-8-12(3)15(18)11-14/h6-11,17,19H,4-5H2,1-3H3. The highest BCUT2D eigenvalue weighted by atomic mass is 19.1. The van der Waals surface area contributed by atoms with Crippen molar-refractivity contribution in [1.29, 1.82) is 0 Å². The summed E-state index contributed by atoms with van der Waals surface area (Å²) in [6.45, 7) is 6.74. The lowest BCUT2D eigenvalue weighted by Crippen LogP contribution is -2.24. The van der Waals surface area contributed by atoms with Gasteiger partial charge < -0.3 is 5.32 Å². The van der Waals surface area contributed by atoms with Gasteiger partial charge in [-0.05, 0) is 48.7 Å². The summed E-state index contributed by atoms with van der Waals surface area (Å²) in [7, 11) is 0. The minimum Gasteiger partial charge on any atom is -0.305 e. The smallest absolute Gasteiger partial charge is 0.126 e. The van der Waals surface area contributed by atoms with E-state index in [1.165, 1.54) is 5.56 Å². The number of aromatic nitrogens is 1. The highest BCUT2D eigenvalue weighted by molar-refractivity contribution is 5.34. The lowest BCUT2D eigenvalue weighted by Gasteiger charge is -2.20. The Bertz CT molecular complexity index is 581. The SMILES string of the molecule is CCNC(c1ccc(C)c(F)c1)c1ncccc1CC. The fourth-order valence-electron chi connectivity index (χ4n) is 2.37. The van der Waals surface area contributed by atoms with Gasteiger partial charge in [0.2, 0.25) is 0 Å². The molecule has 106 valence electrons. The van der Waals surface area contributed by atoms with E-state index in [-0.39, 0.29) is 11.9 Å². The predicted octanol–water partition coefficient (Wildman–Crippen LogP) is 3.79. The van der Waals surface area contributed by atoms with Crippen molar-refractivity contribution in [1.82, 2.24) is 10.3 Å². The van der Waals surface area contributed by atoms with Gasteiger partial charge in [0.25, 0.3) is 0 Å². The molecule has 0 amide bonds. The first-order valence-electron chi connectivity index (χ1n) is 7.10. The number of hydrogen-bond donors (Lipinski definition) is 1. The number of rotatable bonds is 5. The maximum absolute atomic E-state index is 13.8. The maximum Gasteiger partial charge on any atom is 0.126 e. The van der Waals surface area contributed by atoms with Gasteiger partial charge in [-0.25, -0.2) is 4.39 Å². The zero-order valence-electron chi connectivity index (χ0n) is 12.3. The van der Waals surface area contributed by atoms with Gasteiger partial charge in [0.15, 0.2) is 0 Å². The molecule has 1 aromatic heterocycles. The molecule has 0 saturated heterocycles. The third-order valence-corrected chi connectivity index (χ3v) is 3.52. The summed E-state index contributed by atoms with van der Waals surface area (Å²) >= 11 is 0.